The van der Waals surface area contributed by atoms with E-state index in [4.69, 9.17) is 0 Å². The molecular formula is C12H21NO. The first kappa shape index (κ1) is 11.5. The molecule has 1 N–H and O–H groups in total. The molecule has 14 heavy (non-hydrogen) atoms. The molecule has 0 aliphatic heterocycles. The summed E-state index contributed by atoms with van der Waals surface area (Å²) in [6, 6.07) is 0.296. The van der Waals surface area contributed by atoms with Crippen LogP contribution in [0.4, 0.5) is 0 Å². The zero-order valence-corrected chi connectivity index (χ0v) is 9.40. The van der Waals surface area contributed by atoms with Gasteiger partial charge in [0.2, 0.25) is 0 Å². The van der Waals surface area contributed by atoms with Crippen LogP contribution in [0, 0.1) is 5.41 Å². The molecule has 2 heteroatoms. The summed E-state index contributed by atoms with van der Waals surface area (Å²) in [7, 11) is 4.10. The van der Waals surface area contributed by atoms with E-state index in [9.17, 15) is 5.11 Å². The number of aliphatic hydroxyl groups is 1. The van der Waals surface area contributed by atoms with Crippen molar-refractivity contribution in [1.82, 2.24) is 4.90 Å². The van der Waals surface area contributed by atoms with Crippen LogP contribution >= 0.6 is 0 Å². The molecule has 1 rings (SSSR count). The van der Waals surface area contributed by atoms with Crippen LogP contribution in [-0.4, -0.2) is 36.2 Å². The van der Waals surface area contributed by atoms with E-state index in [0.717, 1.165) is 12.8 Å². The van der Waals surface area contributed by atoms with Crippen molar-refractivity contribution in [2.75, 3.05) is 14.1 Å². The fraction of sp³-hybridized carbons (Fsp3) is 0.667. The van der Waals surface area contributed by atoms with Crippen molar-refractivity contribution in [3.05, 3.63) is 24.8 Å². The van der Waals surface area contributed by atoms with Gasteiger partial charge in [-0.25, -0.2) is 0 Å². The summed E-state index contributed by atoms with van der Waals surface area (Å²) in [4.78, 5) is 2.16. The number of nitrogens with zero attached hydrogens (tertiary/aromatic N) is 1. The van der Waals surface area contributed by atoms with Crippen molar-refractivity contribution >= 4 is 0 Å². The van der Waals surface area contributed by atoms with Gasteiger partial charge in [-0.3, -0.25) is 0 Å². The Kier molecular flexibility index (Phi) is 3.51. The van der Waals surface area contributed by atoms with Crippen LogP contribution in [0.1, 0.15) is 19.8 Å². The lowest BCUT2D eigenvalue weighted by atomic mass is 9.70. The molecular weight excluding hydrogens is 174 g/mol. The zero-order valence-electron chi connectivity index (χ0n) is 9.40. The van der Waals surface area contributed by atoms with E-state index in [0.29, 0.717) is 6.04 Å². The van der Waals surface area contributed by atoms with Crippen molar-refractivity contribution in [2.24, 2.45) is 5.41 Å². The Bertz CT molecular complexity index is 234. The molecule has 1 aliphatic rings. The normalized spacial score (nSPS) is 34.5. The van der Waals surface area contributed by atoms with Gasteiger partial charge in [0, 0.05) is 11.5 Å². The molecule has 0 heterocycles. The first-order chi connectivity index (χ1) is 6.52. The largest absolute Gasteiger partial charge is 0.388 e. The Labute approximate surface area is 86.9 Å². The Morgan fingerprint density at radius 1 is 1.64 bits per heavy atom. The van der Waals surface area contributed by atoms with Gasteiger partial charge in [-0.2, -0.15) is 0 Å². The minimum atomic E-state index is -0.431. The van der Waals surface area contributed by atoms with E-state index in [1.165, 1.54) is 0 Å². The van der Waals surface area contributed by atoms with E-state index in [1.54, 1.807) is 6.08 Å². The molecule has 0 aromatic heterocycles. The molecule has 80 valence electrons. The molecule has 0 unspecified atom stereocenters. The van der Waals surface area contributed by atoms with Crippen LogP contribution in [0.2, 0.25) is 0 Å². The number of rotatable bonds is 3. The molecule has 3 atom stereocenters. The lowest BCUT2D eigenvalue weighted by Gasteiger charge is -2.44. The summed E-state index contributed by atoms with van der Waals surface area (Å²) >= 11 is 0. The van der Waals surface area contributed by atoms with Gasteiger partial charge in [0.25, 0.3) is 0 Å². The van der Waals surface area contributed by atoms with Crippen LogP contribution < -0.4 is 0 Å². The number of likely N-dealkylation sites (N-methyl/N-ethyl adjacent to an activating group) is 1. The second-order valence-corrected chi connectivity index (χ2v) is 4.56. The smallest absolute Gasteiger partial charge is 0.0790 e. The van der Waals surface area contributed by atoms with Gasteiger partial charge in [-0.1, -0.05) is 25.2 Å². The molecule has 0 saturated heterocycles. The molecule has 0 spiro atoms. The molecule has 1 aliphatic carbocycles. The number of aliphatic hydroxyl groups excluding tert-OH is 1. The summed E-state index contributed by atoms with van der Waals surface area (Å²) in [5, 5.41) is 9.98. The number of allylic oxidation sites excluding steroid dienone is 1. The third kappa shape index (κ3) is 1.91. The van der Waals surface area contributed by atoms with Crippen molar-refractivity contribution in [3.63, 3.8) is 0 Å². The highest BCUT2D eigenvalue weighted by atomic mass is 16.3. The lowest BCUT2D eigenvalue weighted by molar-refractivity contribution is 0.0146. The average molecular weight is 195 g/mol. The first-order valence-electron chi connectivity index (χ1n) is 5.16. The van der Waals surface area contributed by atoms with Crippen molar-refractivity contribution in [1.29, 1.82) is 0 Å². The molecule has 0 bridgehead atoms. The van der Waals surface area contributed by atoms with Gasteiger partial charge < -0.3 is 10.0 Å². The Morgan fingerprint density at radius 3 is 2.79 bits per heavy atom. The van der Waals surface area contributed by atoms with E-state index in [2.05, 4.69) is 30.6 Å². The summed E-state index contributed by atoms with van der Waals surface area (Å²) < 4.78 is 0. The summed E-state index contributed by atoms with van der Waals surface area (Å²) in [6.07, 6.45) is 7.67. The standard InChI is InChI=1S/C12H21NO/c1-5-11(14)12(2)9-7-6-8-10(12)13(3)4/h5-6,8,10-11,14H,1,7,9H2,2-4H3/t10-,11-,12+/m1/s1. The maximum Gasteiger partial charge on any atom is 0.0790 e. The highest BCUT2D eigenvalue weighted by Gasteiger charge is 2.40. The topological polar surface area (TPSA) is 23.5 Å². The Hall–Kier alpha value is -0.600. The molecule has 0 radical (unpaired) electrons. The maximum atomic E-state index is 9.98. The highest BCUT2D eigenvalue weighted by Crippen LogP contribution is 2.38. The molecule has 0 aromatic carbocycles. The first-order valence-corrected chi connectivity index (χ1v) is 5.16. The molecule has 0 fully saturated rings. The third-order valence-electron chi connectivity index (χ3n) is 3.30. The summed E-state index contributed by atoms with van der Waals surface area (Å²) in [5.74, 6) is 0. The third-order valence-corrected chi connectivity index (χ3v) is 3.30. The van der Waals surface area contributed by atoms with Crippen LogP contribution in [0.25, 0.3) is 0 Å². The molecule has 0 aromatic rings. The van der Waals surface area contributed by atoms with Crippen molar-refractivity contribution in [2.45, 2.75) is 31.9 Å². The zero-order chi connectivity index (χ0) is 10.8. The van der Waals surface area contributed by atoms with Gasteiger partial charge in [0.1, 0.15) is 0 Å². The van der Waals surface area contributed by atoms with Gasteiger partial charge in [-0.05, 0) is 26.9 Å². The van der Waals surface area contributed by atoms with E-state index < -0.39 is 6.10 Å². The van der Waals surface area contributed by atoms with Gasteiger partial charge >= 0.3 is 0 Å². The molecule has 2 nitrogen and oxygen atoms in total. The second-order valence-electron chi connectivity index (χ2n) is 4.56. The van der Waals surface area contributed by atoms with Crippen LogP contribution in [0.3, 0.4) is 0 Å². The minimum Gasteiger partial charge on any atom is -0.388 e. The van der Waals surface area contributed by atoms with Gasteiger partial charge in [-0.15, -0.1) is 6.58 Å². The fourth-order valence-electron chi connectivity index (χ4n) is 2.34. The van der Waals surface area contributed by atoms with Gasteiger partial charge in [0.05, 0.1) is 6.10 Å². The van der Waals surface area contributed by atoms with E-state index in [1.807, 2.05) is 14.1 Å². The second kappa shape index (κ2) is 4.28. The van der Waals surface area contributed by atoms with Crippen molar-refractivity contribution < 1.29 is 5.11 Å². The lowest BCUT2D eigenvalue weighted by Crippen LogP contribution is -2.49. The van der Waals surface area contributed by atoms with Crippen LogP contribution in [0.15, 0.2) is 24.8 Å². The summed E-state index contributed by atoms with van der Waals surface area (Å²) in [6.45, 7) is 5.81. The minimum absolute atomic E-state index is 0.0972. The summed E-state index contributed by atoms with van der Waals surface area (Å²) in [5.41, 5.74) is -0.0972. The average Bonchev–Trinajstić information content (AvgIpc) is 2.16. The Morgan fingerprint density at radius 2 is 2.29 bits per heavy atom. The number of hydrogen-bond acceptors (Lipinski definition) is 2. The number of hydrogen-bond donors (Lipinski definition) is 1. The van der Waals surface area contributed by atoms with Crippen LogP contribution in [0.5, 0.6) is 0 Å². The SMILES string of the molecule is C=C[C@@H](O)[C@@]1(C)CCC=C[C@H]1N(C)C. The van der Waals surface area contributed by atoms with E-state index in [-0.39, 0.29) is 5.41 Å². The highest BCUT2D eigenvalue weighted by molar-refractivity contribution is 5.12. The monoisotopic (exact) mass is 195 g/mol. The predicted molar refractivity (Wildman–Crippen MR) is 60.2 cm³/mol. The quantitative estimate of drug-likeness (QED) is 0.694. The van der Waals surface area contributed by atoms with Crippen LogP contribution in [-0.2, 0) is 0 Å². The van der Waals surface area contributed by atoms with Crippen molar-refractivity contribution in [3.8, 4) is 0 Å². The Balaban J connectivity index is 2.93. The predicted octanol–water partition coefficient (Wildman–Crippen LogP) is 1.82. The van der Waals surface area contributed by atoms with Gasteiger partial charge in [0.15, 0.2) is 0 Å². The molecule has 0 amide bonds. The maximum absolute atomic E-state index is 9.98. The van der Waals surface area contributed by atoms with E-state index >= 15 is 0 Å². The molecule has 0 saturated carbocycles. The fourth-order valence-corrected chi connectivity index (χ4v) is 2.34.